The second kappa shape index (κ2) is 6.92. The summed E-state index contributed by atoms with van der Waals surface area (Å²) in [4.78, 5) is 14.1. The van der Waals surface area contributed by atoms with Crippen LogP contribution < -0.4 is 5.32 Å². The van der Waals surface area contributed by atoms with Crippen LogP contribution in [0.3, 0.4) is 0 Å². The summed E-state index contributed by atoms with van der Waals surface area (Å²) in [6, 6.07) is 3.96. The maximum absolute atomic E-state index is 13.0. The molecule has 1 fully saturated rings. The van der Waals surface area contributed by atoms with Gasteiger partial charge in [0.1, 0.15) is 5.82 Å². The number of fused-ring (bicyclic) bond motifs is 1. The number of rotatable bonds is 4. The van der Waals surface area contributed by atoms with Gasteiger partial charge < -0.3 is 9.88 Å². The molecule has 4 rings (SSSR count). The van der Waals surface area contributed by atoms with E-state index in [1.807, 2.05) is 17.5 Å². The lowest BCUT2D eigenvalue weighted by molar-refractivity contribution is -0.179. The summed E-state index contributed by atoms with van der Waals surface area (Å²) >= 11 is 1.60. The molecule has 9 heteroatoms. The third-order valence-corrected chi connectivity index (χ3v) is 6.86. The van der Waals surface area contributed by atoms with E-state index in [2.05, 4.69) is 15.5 Å². The van der Waals surface area contributed by atoms with Crippen molar-refractivity contribution in [2.75, 3.05) is 0 Å². The van der Waals surface area contributed by atoms with Crippen LogP contribution in [-0.4, -0.2) is 26.8 Å². The normalized spacial score (nSPS) is 21.8. The van der Waals surface area contributed by atoms with Gasteiger partial charge in [-0.05, 0) is 30.7 Å². The Morgan fingerprint density at radius 2 is 2.11 bits per heavy atom. The zero-order valence-electron chi connectivity index (χ0n) is 14.8. The average Bonchev–Trinajstić information content (AvgIpc) is 3.38. The first-order valence-corrected chi connectivity index (χ1v) is 10.1. The molecule has 5 nitrogen and oxygen atoms in total. The molecule has 27 heavy (non-hydrogen) atoms. The van der Waals surface area contributed by atoms with Crippen LogP contribution in [0.5, 0.6) is 0 Å². The number of halogens is 3. The molecule has 0 unspecified atom stereocenters. The van der Waals surface area contributed by atoms with Gasteiger partial charge in [-0.1, -0.05) is 18.9 Å². The van der Waals surface area contributed by atoms with Crippen LogP contribution in [0, 0.1) is 5.92 Å². The van der Waals surface area contributed by atoms with Crippen LogP contribution in [0.2, 0.25) is 0 Å². The highest BCUT2D eigenvalue weighted by Crippen LogP contribution is 2.43. The van der Waals surface area contributed by atoms with E-state index in [4.69, 9.17) is 0 Å². The largest absolute Gasteiger partial charge is 0.392 e. The lowest BCUT2D eigenvalue weighted by Crippen LogP contribution is -2.42. The van der Waals surface area contributed by atoms with E-state index in [9.17, 15) is 18.0 Å². The number of nitrogens with one attached hydrogen (secondary N) is 1. The average molecular weight is 398 g/mol. The number of amides is 1. The number of nitrogens with zero attached hydrogens (tertiary/aromatic N) is 3. The molecule has 1 N–H and O–H groups in total. The summed E-state index contributed by atoms with van der Waals surface area (Å²) in [7, 11) is 0. The summed E-state index contributed by atoms with van der Waals surface area (Å²) in [5, 5.41) is 12.9. The van der Waals surface area contributed by atoms with E-state index in [0.29, 0.717) is 11.6 Å². The Morgan fingerprint density at radius 3 is 2.78 bits per heavy atom. The van der Waals surface area contributed by atoms with Crippen LogP contribution in [-0.2, 0) is 29.7 Å². The topological polar surface area (TPSA) is 59.8 Å². The highest BCUT2D eigenvalue weighted by molar-refractivity contribution is 7.10. The van der Waals surface area contributed by atoms with Crippen molar-refractivity contribution >= 4 is 17.2 Å². The zero-order valence-corrected chi connectivity index (χ0v) is 15.6. The molecule has 0 aromatic carbocycles. The molecular formula is C18H21F3N4OS. The van der Waals surface area contributed by atoms with Crippen LogP contribution in [0.1, 0.15) is 48.6 Å². The van der Waals surface area contributed by atoms with E-state index in [1.54, 1.807) is 15.9 Å². The van der Waals surface area contributed by atoms with Gasteiger partial charge in [-0.15, -0.1) is 21.5 Å². The summed E-state index contributed by atoms with van der Waals surface area (Å²) < 4.78 is 40.5. The van der Waals surface area contributed by atoms with Crippen LogP contribution in [0.15, 0.2) is 17.5 Å². The van der Waals surface area contributed by atoms with Crippen molar-refractivity contribution in [1.82, 2.24) is 20.1 Å². The number of alkyl halides is 3. The molecular weight excluding hydrogens is 377 g/mol. The van der Waals surface area contributed by atoms with Gasteiger partial charge in [0.25, 0.3) is 0 Å². The lowest BCUT2D eigenvalue weighted by Gasteiger charge is -2.27. The first-order chi connectivity index (χ1) is 12.9. The Labute approximate surface area is 159 Å². The molecule has 2 aromatic heterocycles. The SMILES string of the molecule is O=C(NCc1nnc2n1CC[C@@H](C(F)(F)F)C2)C1(c2cccs2)CCCC1. The summed E-state index contributed by atoms with van der Waals surface area (Å²) in [5.41, 5.74) is -0.486. The molecule has 1 saturated carbocycles. The van der Waals surface area contributed by atoms with E-state index in [-0.39, 0.29) is 31.8 Å². The highest BCUT2D eigenvalue weighted by atomic mass is 32.1. The van der Waals surface area contributed by atoms with E-state index in [1.165, 1.54) is 0 Å². The molecule has 3 heterocycles. The van der Waals surface area contributed by atoms with Gasteiger partial charge in [0.05, 0.1) is 17.9 Å². The Kier molecular flexibility index (Phi) is 4.73. The highest BCUT2D eigenvalue weighted by Gasteiger charge is 2.44. The van der Waals surface area contributed by atoms with Gasteiger partial charge in [0.2, 0.25) is 5.91 Å². The van der Waals surface area contributed by atoms with Crippen LogP contribution in [0.4, 0.5) is 13.2 Å². The van der Waals surface area contributed by atoms with Crippen molar-refractivity contribution in [3.05, 3.63) is 34.0 Å². The molecule has 0 bridgehead atoms. The van der Waals surface area contributed by atoms with Crippen molar-refractivity contribution in [2.45, 2.75) is 63.2 Å². The van der Waals surface area contributed by atoms with Gasteiger partial charge in [-0.25, -0.2) is 0 Å². The standard InChI is InChI=1S/C18H21F3N4OS/c19-18(20,21)12-5-8-25-14(10-12)23-24-15(25)11-22-16(26)17(6-1-2-7-17)13-4-3-9-27-13/h3-4,9,12H,1-2,5-8,10-11H2,(H,22,26)/t12-/m1/s1. The van der Waals surface area contributed by atoms with Gasteiger partial charge in [-0.2, -0.15) is 13.2 Å². The van der Waals surface area contributed by atoms with E-state index >= 15 is 0 Å². The number of hydrogen-bond acceptors (Lipinski definition) is 4. The number of hydrogen-bond donors (Lipinski definition) is 1. The van der Waals surface area contributed by atoms with Gasteiger partial charge in [0.15, 0.2) is 5.82 Å². The zero-order chi connectivity index (χ0) is 19.1. The van der Waals surface area contributed by atoms with Crippen molar-refractivity contribution in [2.24, 2.45) is 5.92 Å². The molecule has 0 radical (unpaired) electrons. The van der Waals surface area contributed by atoms with Crippen molar-refractivity contribution in [1.29, 1.82) is 0 Å². The number of thiophene rings is 1. The maximum Gasteiger partial charge on any atom is 0.392 e. The fraction of sp³-hybridized carbons (Fsp3) is 0.611. The molecule has 1 aliphatic heterocycles. The van der Waals surface area contributed by atoms with Gasteiger partial charge >= 0.3 is 6.18 Å². The van der Waals surface area contributed by atoms with E-state index in [0.717, 1.165) is 30.6 Å². The van der Waals surface area contributed by atoms with Crippen LogP contribution >= 0.6 is 11.3 Å². The third-order valence-electron chi connectivity index (χ3n) is 5.79. The molecule has 2 aliphatic rings. The fourth-order valence-corrected chi connectivity index (χ4v) is 5.23. The first-order valence-electron chi connectivity index (χ1n) is 9.20. The summed E-state index contributed by atoms with van der Waals surface area (Å²) in [6.45, 7) is 0.420. The number of aromatic nitrogens is 3. The van der Waals surface area contributed by atoms with Crippen LogP contribution in [0.25, 0.3) is 0 Å². The Bertz CT molecular complexity index is 809. The minimum absolute atomic E-state index is 0.0224. The molecule has 0 spiro atoms. The van der Waals surface area contributed by atoms with E-state index < -0.39 is 17.5 Å². The molecule has 2 aromatic rings. The minimum Gasteiger partial charge on any atom is -0.348 e. The predicted octanol–water partition coefficient (Wildman–Crippen LogP) is 3.59. The second-order valence-electron chi connectivity index (χ2n) is 7.36. The Balaban J connectivity index is 1.46. The quantitative estimate of drug-likeness (QED) is 0.856. The second-order valence-corrected chi connectivity index (χ2v) is 8.31. The molecule has 146 valence electrons. The number of carbonyl (C=O) groups is 1. The maximum atomic E-state index is 13.0. The van der Waals surface area contributed by atoms with Gasteiger partial charge in [-0.3, -0.25) is 4.79 Å². The summed E-state index contributed by atoms with van der Waals surface area (Å²) in [5.74, 6) is -0.513. The van der Waals surface area contributed by atoms with Crippen molar-refractivity contribution in [3.63, 3.8) is 0 Å². The number of carbonyl (C=O) groups excluding carboxylic acids is 1. The minimum atomic E-state index is -4.21. The molecule has 1 aliphatic carbocycles. The first kappa shape index (κ1) is 18.5. The van der Waals surface area contributed by atoms with Crippen molar-refractivity contribution in [3.8, 4) is 0 Å². The predicted molar refractivity (Wildman–Crippen MR) is 94.2 cm³/mol. The molecule has 0 saturated heterocycles. The smallest absolute Gasteiger partial charge is 0.348 e. The lowest BCUT2D eigenvalue weighted by atomic mass is 9.83. The van der Waals surface area contributed by atoms with Crippen molar-refractivity contribution < 1.29 is 18.0 Å². The third kappa shape index (κ3) is 3.37. The molecule has 1 amide bonds. The molecule has 1 atom stereocenters. The monoisotopic (exact) mass is 398 g/mol. The van der Waals surface area contributed by atoms with Gasteiger partial charge in [0, 0.05) is 17.8 Å². The Morgan fingerprint density at radius 1 is 1.33 bits per heavy atom. The Hall–Kier alpha value is -1.90. The fourth-order valence-electron chi connectivity index (χ4n) is 4.24. The summed E-state index contributed by atoms with van der Waals surface area (Å²) in [6.07, 6.45) is -0.649.